The molecular weight excluding hydrogens is 400 g/mol. The molecule has 2 N–H and O–H groups in total. The van der Waals surface area contributed by atoms with Crippen LogP contribution < -0.4 is 10.5 Å². The monoisotopic (exact) mass is 414 g/mol. The summed E-state index contributed by atoms with van der Waals surface area (Å²) in [7, 11) is 1.34. The molecule has 26 heavy (non-hydrogen) atoms. The minimum Gasteiger partial charge on any atom is -0.466 e. The zero-order valence-corrected chi connectivity index (χ0v) is 15.4. The lowest BCUT2D eigenvalue weighted by Gasteiger charge is -2.33. The van der Waals surface area contributed by atoms with Gasteiger partial charge in [0.2, 0.25) is 0 Å². The number of fused-ring (bicyclic) bond motifs is 4. The van der Waals surface area contributed by atoms with Gasteiger partial charge in [0.15, 0.2) is 5.54 Å². The third-order valence-electron chi connectivity index (χ3n) is 4.40. The SMILES string of the molecule is COC(=O)C=Cc1ccc2c(c1)C1(COC(N)=N1)c1cc(Br)ccc1O2. The predicted molar refractivity (Wildman–Crippen MR) is 100 cm³/mol. The summed E-state index contributed by atoms with van der Waals surface area (Å²) < 4.78 is 17.1. The van der Waals surface area contributed by atoms with Crippen LogP contribution in [0.25, 0.3) is 6.08 Å². The summed E-state index contributed by atoms with van der Waals surface area (Å²) in [6.07, 6.45) is 3.05. The van der Waals surface area contributed by atoms with E-state index < -0.39 is 11.5 Å². The van der Waals surface area contributed by atoms with Gasteiger partial charge in [0.1, 0.15) is 18.1 Å². The van der Waals surface area contributed by atoms with Crippen molar-refractivity contribution in [3.63, 3.8) is 0 Å². The first-order valence-electron chi connectivity index (χ1n) is 7.88. The zero-order valence-electron chi connectivity index (χ0n) is 13.9. The standard InChI is InChI=1S/C19H15BrN2O4/c1-24-17(23)7-3-11-2-5-15-13(8-11)19(10-25-18(21)22-19)14-9-12(20)4-6-16(14)26-15/h2-9H,10H2,1H3,(H2,21,22). The summed E-state index contributed by atoms with van der Waals surface area (Å²) in [5.41, 5.74) is 7.58. The normalized spacial score (nSPS) is 20.2. The number of carbonyl (C=O) groups excluding carboxylic acids is 1. The van der Waals surface area contributed by atoms with Gasteiger partial charge in [-0.3, -0.25) is 0 Å². The number of hydrogen-bond acceptors (Lipinski definition) is 6. The number of carbonyl (C=O) groups is 1. The highest BCUT2D eigenvalue weighted by Gasteiger charge is 2.47. The molecule has 2 aromatic rings. The van der Waals surface area contributed by atoms with E-state index in [2.05, 4.69) is 25.7 Å². The highest BCUT2D eigenvalue weighted by Crippen LogP contribution is 2.51. The van der Waals surface area contributed by atoms with Crippen molar-refractivity contribution in [1.82, 2.24) is 0 Å². The van der Waals surface area contributed by atoms with Gasteiger partial charge < -0.3 is 19.9 Å². The number of esters is 1. The molecule has 1 atom stereocenters. The Morgan fingerprint density at radius 3 is 2.69 bits per heavy atom. The fourth-order valence-electron chi connectivity index (χ4n) is 3.18. The van der Waals surface area contributed by atoms with Crippen LogP contribution >= 0.6 is 15.9 Å². The van der Waals surface area contributed by atoms with E-state index in [1.54, 1.807) is 6.08 Å². The maximum absolute atomic E-state index is 11.4. The van der Waals surface area contributed by atoms with Gasteiger partial charge in [-0.05, 0) is 42.0 Å². The third-order valence-corrected chi connectivity index (χ3v) is 4.89. The van der Waals surface area contributed by atoms with Crippen molar-refractivity contribution < 1.29 is 19.0 Å². The van der Waals surface area contributed by atoms with Crippen LogP contribution in [-0.2, 0) is 19.8 Å². The molecule has 0 saturated carbocycles. The minimum absolute atomic E-state index is 0.138. The Morgan fingerprint density at radius 1 is 1.27 bits per heavy atom. The van der Waals surface area contributed by atoms with Crippen LogP contribution in [0.4, 0.5) is 0 Å². The zero-order chi connectivity index (χ0) is 18.3. The molecule has 0 fully saturated rings. The van der Waals surface area contributed by atoms with Crippen molar-refractivity contribution in [2.24, 2.45) is 10.7 Å². The van der Waals surface area contributed by atoms with Crippen molar-refractivity contribution >= 4 is 34.0 Å². The Kier molecular flexibility index (Phi) is 3.96. The van der Waals surface area contributed by atoms with Gasteiger partial charge >= 0.3 is 5.97 Å². The van der Waals surface area contributed by atoms with Gasteiger partial charge in [0.25, 0.3) is 6.02 Å². The number of methoxy groups -OCH3 is 1. The average Bonchev–Trinajstić information content (AvgIpc) is 3.03. The van der Waals surface area contributed by atoms with E-state index in [1.165, 1.54) is 13.2 Å². The molecule has 2 heterocycles. The molecule has 0 amide bonds. The summed E-state index contributed by atoms with van der Waals surface area (Å²) in [4.78, 5) is 16.0. The Balaban J connectivity index is 1.88. The number of amidine groups is 1. The summed E-state index contributed by atoms with van der Waals surface area (Å²) in [6, 6.07) is 11.5. The van der Waals surface area contributed by atoms with Crippen molar-refractivity contribution in [3.8, 4) is 11.5 Å². The van der Waals surface area contributed by atoms with Crippen molar-refractivity contribution in [3.05, 3.63) is 63.6 Å². The van der Waals surface area contributed by atoms with Crippen LogP contribution in [0.2, 0.25) is 0 Å². The second kappa shape index (κ2) is 6.17. The van der Waals surface area contributed by atoms with E-state index in [-0.39, 0.29) is 12.6 Å². The number of aliphatic imine (C=N–C) groups is 1. The first-order chi connectivity index (χ1) is 12.5. The largest absolute Gasteiger partial charge is 0.466 e. The van der Waals surface area contributed by atoms with Crippen molar-refractivity contribution in [1.29, 1.82) is 0 Å². The number of hydrogen-bond donors (Lipinski definition) is 1. The lowest BCUT2D eigenvalue weighted by Crippen LogP contribution is -2.31. The quantitative estimate of drug-likeness (QED) is 0.601. The van der Waals surface area contributed by atoms with E-state index in [0.717, 1.165) is 21.2 Å². The van der Waals surface area contributed by atoms with Crippen LogP contribution in [0.1, 0.15) is 16.7 Å². The molecule has 2 aromatic carbocycles. The summed E-state index contributed by atoms with van der Waals surface area (Å²) >= 11 is 3.50. The van der Waals surface area contributed by atoms with Gasteiger partial charge in [0, 0.05) is 21.7 Å². The number of nitrogens with zero attached hydrogens (tertiary/aromatic N) is 1. The van der Waals surface area contributed by atoms with Gasteiger partial charge in [-0.15, -0.1) is 0 Å². The predicted octanol–water partition coefficient (Wildman–Crippen LogP) is 3.33. The van der Waals surface area contributed by atoms with Crippen LogP contribution in [0.3, 0.4) is 0 Å². The molecule has 132 valence electrons. The molecular formula is C19H15BrN2O4. The topological polar surface area (TPSA) is 83.1 Å². The van der Waals surface area contributed by atoms with E-state index in [9.17, 15) is 4.79 Å². The fourth-order valence-corrected chi connectivity index (χ4v) is 3.54. The summed E-state index contributed by atoms with van der Waals surface area (Å²) in [5, 5.41) is 0. The first kappa shape index (κ1) is 16.7. The number of nitrogens with two attached hydrogens (primary N) is 1. The highest BCUT2D eigenvalue weighted by atomic mass is 79.9. The van der Waals surface area contributed by atoms with Crippen LogP contribution in [-0.4, -0.2) is 25.7 Å². The first-order valence-corrected chi connectivity index (χ1v) is 8.68. The second-order valence-electron chi connectivity index (χ2n) is 5.95. The maximum atomic E-state index is 11.4. The smallest absolute Gasteiger partial charge is 0.330 e. The second-order valence-corrected chi connectivity index (χ2v) is 6.87. The number of rotatable bonds is 2. The van der Waals surface area contributed by atoms with Crippen molar-refractivity contribution in [2.75, 3.05) is 13.7 Å². The van der Waals surface area contributed by atoms with Gasteiger partial charge in [0.05, 0.1) is 7.11 Å². The Bertz CT molecular complexity index is 970. The number of benzene rings is 2. The Labute approximate surface area is 158 Å². The molecule has 2 aliphatic heterocycles. The number of ether oxygens (including phenoxy) is 3. The molecule has 0 aliphatic carbocycles. The van der Waals surface area contributed by atoms with Crippen LogP contribution in [0.15, 0.2) is 51.9 Å². The summed E-state index contributed by atoms with van der Waals surface area (Å²) in [5.74, 6) is 0.965. The van der Waals surface area contributed by atoms with E-state index in [4.69, 9.17) is 15.2 Å². The minimum atomic E-state index is -0.786. The van der Waals surface area contributed by atoms with Crippen molar-refractivity contribution in [2.45, 2.75) is 5.54 Å². The Morgan fingerprint density at radius 2 is 2.00 bits per heavy atom. The highest BCUT2D eigenvalue weighted by molar-refractivity contribution is 9.10. The van der Waals surface area contributed by atoms with Gasteiger partial charge in [-0.1, -0.05) is 22.0 Å². The summed E-state index contributed by atoms with van der Waals surface area (Å²) in [6.45, 7) is 0.281. The molecule has 7 heteroatoms. The van der Waals surface area contributed by atoms with Gasteiger partial charge in [-0.2, -0.15) is 0 Å². The number of halogens is 1. The van der Waals surface area contributed by atoms with E-state index in [1.807, 2.05) is 36.4 Å². The third kappa shape index (κ3) is 2.64. The molecule has 0 radical (unpaired) electrons. The molecule has 0 aromatic heterocycles. The maximum Gasteiger partial charge on any atom is 0.330 e. The lowest BCUT2D eigenvalue weighted by molar-refractivity contribution is -0.134. The average molecular weight is 415 g/mol. The fraction of sp³-hybridized carbons (Fsp3) is 0.158. The molecule has 1 unspecified atom stereocenters. The molecule has 1 spiro atoms. The Hall–Kier alpha value is -2.80. The molecule has 0 saturated heterocycles. The molecule has 2 aliphatic rings. The van der Waals surface area contributed by atoms with E-state index in [0.29, 0.717) is 11.5 Å². The molecule has 6 nitrogen and oxygen atoms in total. The van der Waals surface area contributed by atoms with E-state index >= 15 is 0 Å². The van der Waals surface area contributed by atoms with Crippen LogP contribution in [0, 0.1) is 0 Å². The molecule has 0 bridgehead atoms. The van der Waals surface area contributed by atoms with Gasteiger partial charge in [-0.25, -0.2) is 9.79 Å². The van der Waals surface area contributed by atoms with Crippen LogP contribution in [0.5, 0.6) is 11.5 Å². The molecule has 4 rings (SSSR count). The lowest BCUT2D eigenvalue weighted by atomic mass is 9.81.